The van der Waals surface area contributed by atoms with Crippen LogP contribution in [0, 0.1) is 0 Å². The molecule has 0 spiro atoms. The van der Waals surface area contributed by atoms with Crippen LogP contribution < -0.4 is 5.32 Å². The first-order valence-electron chi connectivity index (χ1n) is 7.86. The molecule has 0 atom stereocenters. The van der Waals surface area contributed by atoms with E-state index in [0.717, 1.165) is 9.88 Å². The van der Waals surface area contributed by atoms with Crippen molar-refractivity contribution in [1.29, 1.82) is 0 Å². The van der Waals surface area contributed by atoms with E-state index in [1.807, 2.05) is 36.7 Å². The van der Waals surface area contributed by atoms with Crippen molar-refractivity contribution in [2.75, 3.05) is 5.32 Å². The van der Waals surface area contributed by atoms with Crippen LogP contribution in [-0.2, 0) is 24.7 Å². The fourth-order valence-electron chi connectivity index (χ4n) is 2.84. The molecule has 0 aliphatic carbocycles. The van der Waals surface area contributed by atoms with E-state index in [0.29, 0.717) is 18.0 Å². The largest absolute Gasteiger partial charge is 0.350 e. The number of thiophene rings is 1. The monoisotopic (exact) mass is 368 g/mol. The molecule has 1 N–H and O–H groups in total. The average molecular weight is 368 g/mol. The van der Waals surface area contributed by atoms with Crippen LogP contribution in [0.3, 0.4) is 0 Å². The predicted molar refractivity (Wildman–Crippen MR) is 102 cm³/mol. The molecule has 3 heterocycles. The minimum absolute atomic E-state index is 0.0599. The van der Waals surface area contributed by atoms with E-state index < -0.39 is 0 Å². The molecular formula is C18H16N4OS2. The van der Waals surface area contributed by atoms with Gasteiger partial charge in [-0.15, -0.1) is 21.5 Å². The molecule has 7 heteroatoms. The number of nitrogens with zero attached hydrogens (tertiary/aromatic N) is 3. The Morgan fingerprint density at radius 3 is 2.92 bits per heavy atom. The van der Waals surface area contributed by atoms with Crippen LogP contribution >= 0.6 is 22.7 Å². The van der Waals surface area contributed by atoms with Gasteiger partial charge in [-0.25, -0.2) is 0 Å². The lowest BCUT2D eigenvalue weighted by atomic mass is 10.1. The SMILES string of the molecule is Cn1cc(Cc2nnc(NC(=O)Cc3cccs3)s2)c2ccccc21. The van der Waals surface area contributed by atoms with Crippen molar-refractivity contribution in [1.82, 2.24) is 14.8 Å². The van der Waals surface area contributed by atoms with E-state index in [9.17, 15) is 4.79 Å². The molecule has 4 rings (SSSR count). The number of benzene rings is 1. The second-order valence-corrected chi connectivity index (χ2v) is 7.86. The molecule has 1 aromatic carbocycles. The number of para-hydroxylation sites is 1. The van der Waals surface area contributed by atoms with Gasteiger partial charge in [0.05, 0.1) is 6.42 Å². The average Bonchev–Trinajstić information content (AvgIpc) is 3.31. The number of aromatic nitrogens is 3. The first kappa shape index (κ1) is 16.0. The van der Waals surface area contributed by atoms with Gasteiger partial charge in [-0.1, -0.05) is 35.6 Å². The highest BCUT2D eigenvalue weighted by Gasteiger charge is 2.12. The number of carbonyl (C=O) groups is 1. The molecule has 0 unspecified atom stereocenters. The zero-order valence-electron chi connectivity index (χ0n) is 13.6. The zero-order valence-corrected chi connectivity index (χ0v) is 15.2. The Kier molecular flexibility index (Phi) is 4.33. The molecule has 3 aromatic heterocycles. The number of hydrogen-bond donors (Lipinski definition) is 1. The van der Waals surface area contributed by atoms with Crippen LogP contribution in [-0.4, -0.2) is 20.7 Å². The highest BCUT2D eigenvalue weighted by Crippen LogP contribution is 2.25. The van der Waals surface area contributed by atoms with Crippen LogP contribution in [0.2, 0.25) is 0 Å². The van der Waals surface area contributed by atoms with Gasteiger partial charge in [0.15, 0.2) is 0 Å². The summed E-state index contributed by atoms with van der Waals surface area (Å²) < 4.78 is 2.12. The van der Waals surface area contributed by atoms with Crippen molar-refractivity contribution in [2.24, 2.45) is 7.05 Å². The Hall–Kier alpha value is -2.51. The quantitative estimate of drug-likeness (QED) is 0.582. The minimum Gasteiger partial charge on any atom is -0.350 e. The number of amides is 1. The molecule has 0 bridgehead atoms. The van der Waals surface area contributed by atoms with Gasteiger partial charge in [-0.3, -0.25) is 4.79 Å². The number of aryl methyl sites for hydroxylation is 1. The van der Waals surface area contributed by atoms with Gasteiger partial charge in [0.25, 0.3) is 0 Å². The molecule has 1 amide bonds. The molecule has 5 nitrogen and oxygen atoms in total. The summed E-state index contributed by atoms with van der Waals surface area (Å²) in [6, 6.07) is 12.2. The van der Waals surface area contributed by atoms with E-state index in [1.54, 1.807) is 11.3 Å². The van der Waals surface area contributed by atoms with Crippen molar-refractivity contribution >= 4 is 44.6 Å². The van der Waals surface area contributed by atoms with E-state index in [-0.39, 0.29) is 5.91 Å². The first-order valence-corrected chi connectivity index (χ1v) is 9.56. The summed E-state index contributed by atoms with van der Waals surface area (Å²) in [6.45, 7) is 0. The molecule has 126 valence electrons. The Morgan fingerprint density at radius 2 is 2.08 bits per heavy atom. The number of anilines is 1. The van der Waals surface area contributed by atoms with Gasteiger partial charge >= 0.3 is 0 Å². The molecule has 0 aliphatic heterocycles. The number of carbonyl (C=O) groups excluding carboxylic acids is 1. The molecular weight excluding hydrogens is 352 g/mol. The molecule has 0 fully saturated rings. The summed E-state index contributed by atoms with van der Waals surface area (Å²) >= 11 is 3.00. The third-order valence-electron chi connectivity index (χ3n) is 3.95. The number of nitrogens with one attached hydrogen (secondary N) is 1. The van der Waals surface area contributed by atoms with Gasteiger partial charge in [0, 0.05) is 35.4 Å². The van der Waals surface area contributed by atoms with Gasteiger partial charge in [0.1, 0.15) is 5.01 Å². The fraction of sp³-hybridized carbons (Fsp3) is 0.167. The standard InChI is InChI=1S/C18H16N4OS2/c1-22-11-12(14-6-2-3-7-15(14)22)9-17-20-21-18(25-17)19-16(23)10-13-5-4-8-24-13/h2-8,11H,9-10H2,1H3,(H,19,21,23). The maximum absolute atomic E-state index is 12.1. The Labute approximate surface area is 153 Å². The molecule has 4 aromatic rings. The van der Waals surface area contributed by atoms with Crippen LogP contribution in [0.25, 0.3) is 10.9 Å². The van der Waals surface area contributed by atoms with Gasteiger partial charge in [-0.2, -0.15) is 0 Å². The highest BCUT2D eigenvalue weighted by molar-refractivity contribution is 7.15. The molecule has 0 saturated carbocycles. The second-order valence-electron chi connectivity index (χ2n) is 5.76. The van der Waals surface area contributed by atoms with E-state index in [1.165, 1.54) is 27.8 Å². The molecule has 25 heavy (non-hydrogen) atoms. The molecule has 0 radical (unpaired) electrons. The lowest BCUT2D eigenvalue weighted by molar-refractivity contribution is -0.115. The number of fused-ring (bicyclic) bond motifs is 1. The normalized spacial score (nSPS) is 11.1. The summed E-state index contributed by atoms with van der Waals surface area (Å²) in [7, 11) is 2.04. The maximum Gasteiger partial charge on any atom is 0.231 e. The van der Waals surface area contributed by atoms with Gasteiger partial charge < -0.3 is 9.88 Å². The van der Waals surface area contributed by atoms with Crippen LogP contribution in [0.15, 0.2) is 48.0 Å². The topological polar surface area (TPSA) is 59.8 Å². The van der Waals surface area contributed by atoms with Gasteiger partial charge in [-0.05, 0) is 23.1 Å². The van der Waals surface area contributed by atoms with E-state index in [4.69, 9.17) is 0 Å². The third kappa shape index (κ3) is 3.47. The Morgan fingerprint density at radius 1 is 1.20 bits per heavy atom. The van der Waals surface area contributed by atoms with Crippen molar-refractivity contribution in [3.05, 3.63) is 63.4 Å². The maximum atomic E-state index is 12.1. The lowest BCUT2D eigenvalue weighted by Crippen LogP contribution is -2.13. The zero-order chi connectivity index (χ0) is 17.2. The smallest absolute Gasteiger partial charge is 0.231 e. The Bertz CT molecular complexity index is 1020. The summed E-state index contributed by atoms with van der Waals surface area (Å²) in [5, 5.41) is 15.8. The van der Waals surface area contributed by atoms with Crippen molar-refractivity contribution in [3.8, 4) is 0 Å². The molecule has 0 aliphatic rings. The highest BCUT2D eigenvalue weighted by atomic mass is 32.1. The summed E-state index contributed by atoms with van der Waals surface area (Å²) in [5.41, 5.74) is 2.41. The van der Waals surface area contributed by atoms with Gasteiger partial charge in [0.2, 0.25) is 11.0 Å². The molecule has 0 saturated heterocycles. The predicted octanol–water partition coefficient (Wildman–Crippen LogP) is 3.86. The fourth-order valence-corrected chi connectivity index (χ4v) is 4.32. The van der Waals surface area contributed by atoms with Crippen molar-refractivity contribution in [2.45, 2.75) is 12.8 Å². The van der Waals surface area contributed by atoms with Crippen LogP contribution in [0.5, 0.6) is 0 Å². The van der Waals surface area contributed by atoms with E-state index in [2.05, 4.69) is 38.4 Å². The first-order chi connectivity index (χ1) is 12.2. The number of rotatable bonds is 5. The summed E-state index contributed by atoms with van der Waals surface area (Å²) in [4.78, 5) is 13.1. The van der Waals surface area contributed by atoms with Crippen molar-refractivity contribution < 1.29 is 4.79 Å². The Balaban J connectivity index is 1.46. The summed E-state index contributed by atoms with van der Waals surface area (Å²) in [5.74, 6) is -0.0599. The summed E-state index contributed by atoms with van der Waals surface area (Å²) in [6.07, 6.45) is 3.21. The van der Waals surface area contributed by atoms with Crippen LogP contribution in [0.1, 0.15) is 15.4 Å². The lowest BCUT2D eigenvalue weighted by Gasteiger charge is -1.98. The minimum atomic E-state index is -0.0599. The van der Waals surface area contributed by atoms with E-state index >= 15 is 0 Å². The van der Waals surface area contributed by atoms with Crippen LogP contribution in [0.4, 0.5) is 5.13 Å². The second kappa shape index (κ2) is 6.78. The number of hydrogen-bond acceptors (Lipinski definition) is 5. The third-order valence-corrected chi connectivity index (χ3v) is 5.66. The van der Waals surface area contributed by atoms with Crippen molar-refractivity contribution in [3.63, 3.8) is 0 Å².